The minimum absolute atomic E-state index is 0.00963. The van der Waals surface area contributed by atoms with E-state index in [1.165, 1.54) is 0 Å². The van der Waals surface area contributed by atoms with Crippen molar-refractivity contribution in [2.24, 2.45) is 0 Å². The van der Waals surface area contributed by atoms with Crippen LogP contribution in [0.4, 0.5) is 0 Å². The van der Waals surface area contributed by atoms with Crippen LogP contribution in [-0.4, -0.2) is 33.9 Å². The largest absolute Gasteiger partial charge is 0.337 e. The van der Waals surface area contributed by atoms with E-state index < -0.39 is 0 Å². The molecule has 4 nitrogen and oxygen atoms in total. The van der Waals surface area contributed by atoms with Crippen molar-refractivity contribution in [1.82, 2.24) is 14.9 Å². The number of carbonyl (C=O) groups excluding carboxylic acids is 1. The molecule has 0 radical (unpaired) electrons. The first-order chi connectivity index (χ1) is 9.67. The molecule has 0 N–H and O–H groups in total. The second-order valence-corrected chi connectivity index (χ2v) is 4.93. The van der Waals surface area contributed by atoms with E-state index in [-0.39, 0.29) is 5.91 Å². The molecule has 0 atom stereocenters. The lowest BCUT2D eigenvalue weighted by atomic mass is 10.1. The van der Waals surface area contributed by atoms with Gasteiger partial charge in [-0.2, -0.15) is 0 Å². The lowest BCUT2D eigenvalue weighted by Crippen LogP contribution is -2.33. The Balaban J connectivity index is 2.47. The monoisotopic (exact) mass is 271 g/mol. The normalized spacial score (nSPS) is 10.8. The zero-order chi connectivity index (χ0) is 14.5. The second kappa shape index (κ2) is 6.46. The first-order valence-electron chi connectivity index (χ1n) is 7.20. The van der Waals surface area contributed by atoms with E-state index in [4.69, 9.17) is 0 Å². The number of carbonyl (C=O) groups is 1. The van der Waals surface area contributed by atoms with Gasteiger partial charge in [0.1, 0.15) is 11.5 Å². The first kappa shape index (κ1) is 14.4. The van der Waals surface area contributed by atoms with Crippen molar-refractivity contribution in [2.45, 2.75) is 33.6 Å². The van der Waals surface area contributed by atoms with Crippen molar-refractivity contribution < 1.29 is 4.79 Å². The van der Waals surface area contributed by atoms with E-state index in [1.807, 2.05) is 36.1 Å². The minimum Gasteiger partial charge on any atom is -0.337 e. The third-order valence-corrected chi connectivity index (χ3v) is 3.19. The third-order valence-electron chi connectivity index (χ3n) is 3.19. The fourth-order valence-electron chi connectivity index (χ4n) is 2.36. The van der Waals surface area contributed by atoms with Crippen LogP contribution in [0.15, 0.2) is 24.3 Å². The van der Waals surface area contributed by atoms with Crippen molar-refractivity contribution in [3.05, 3.63) is 35.8 Å². The highest BCUT2D eigenvalue weighted by atomic mass is 16.2. The molecule has 1 amide bonds. The van der Waals surface area contributed by atoms with Crippen LogP contribution in [0, 0.1) is 6.92 Å². The van der Waals surface area contributed by atoms with Gasteiger partial charge in [0.05, 0.1) is 5.52 Å². The van der Waals surface area contributed by atoms with Crippen LogP contribution >= 0.6 is 0 Å². The summed E-state index contributed by atoms with van der Waals surface area (Å²) in [5.41, 5.74) is 1.35. The van der Waals surface area contributed by atoms with Gasteiger partial charge in [-0.05, 0) is 25.8 Å². The summed E-state index contributed by atoms with van der Waals surface area (Å²) in [4.78, 5) is 23.4. The number of hydrogen-bond acceptors (Lipinski definition) is 3. The molecule has 0 aliphatic heterocycles. The predicted octanol–water partition coefficient (Wildman–Crippen LogP) is 3.20. The maximum atomic E-state index is 12.7. The van der Waals surface area contributed by atoms with Crippen molar-refractivity contribution >= 4 is 16.8 Å². The van der Waals surface area contributed by atoms with Gasteiger partial charge in [-0.15, -0.1) is 0 Å². The minimum atomic E-state index is 0.00963. The van der Waals surface area contributed by atoms with Crippen LogP contribution in [0.2, 0.25) is 0 Å². The van der Waals surface area contributed by atoms with E-state index in [0.717, 1.165) is 36.8 Å². The van der Waals surface area contributed by atoms with Crippen LogP contribution in [0.5, 0.6) is 0 Å². The highest BCUT2D eigenvalue weighted by molar-refractivity contribution is 6.04. The Labute approximate surface area is 119 Å². The number of benzene rings is 1. The van der Waals surface area contributed by atoms with Crippen molar-refractivity contribution in [3.63, 3.8) is 0 Å². The summed E-state index contributed by atoms with van der Waals surface area (Å²) in [5.74, 6) is 0.649. The smallest absolute Gasteiger partial charge is 0.273 e. The zero-order valence-corrected chi connectivity index (χ0v) is 12.4. The zero-order valence-electron chi connectivity index (χ0n) is 12.4. The number of para-hydroxylation sites is 1. The molecule has 0 aliphatic rings. The third kappa shape index (κ3) is 2.95. The molecule has 0 aliphatic carbocycles. The molecule has 0 fully saturated rings. The summed E-state index contributed by atoms with van der Waals surface area (Å²) in [7, 11) is 0. The number of nitrogens with zero attached hydrogens (tertiary/aromatic N) is 3. The number of amides is 1. The maximum absolute atomic E-state index is 12.7. The fourth-order valence-corrected chi connectivity index (χ4v) is 2.36. The number of rotatable bonds is 5. The summed E-state index contributed by atoms with van der Waals surface area (Å²) in [6.07, 6.45) is 1.90. The average Bonchev–Trinajstić information content (AvgIpc) is 2.45. The molecule has 20 heavy (non-hydrogen) atoms. The fraction of sp³-hybridized carbons (Fsp3) is 0.438. The van der Waals surface area contributed by atoms with Crippen molar-refractivity contribution in [2.75, 3.05) is 13.1 Å². The molecule has 0 saturated carbocycles. The molecule has 1 aromatic carbocycles. The summed E-state index contributed by atoms with van der Waals surface area (Å²) in [6, 6.07) is 7.68. The molecule has 0 spiro atoms. The molecule has 4 heteroatoms. The number of fused-ring (bicyclic) bond motifs is 1. The Kier molecular flexibility index (Phi) is 4.66. The van der Waals surface area contributed by atoms with E-state index in [1.54, 1.807) is 0 Å². The van der Waals surface area contributed by atoms with E-state index >= 15 is 0 Å². The quantitative estimate of drug-likeness (QED) is 0.839. The summed E-state index contributed by atoms with van der Waals surface area (Å²) < 4.78 is 0. The number of hydrogen-bond donors (Lipinski definition) is 0. The molecule has 0 unspecified atom stereocenters. The van der Waals surface area contributed by atoms with Crippen molar-refractivity contribution in [1.29, 1.82) is 0 Å². The van der Waals surface area contributed by atoms with Crippen LogP contribution in [-0.2, 0) is 0 Å². The van der Waals surface area contributed by atoms with E-state index in [0.29, 0.717) is 11.5 Å². The van der Waals surface area contributed by atoms with Gasteiger partial charge in [0, 0.05) is 18.5 Å². The average molecular weight is 271 g/mol. The van der Waals surface area contributed by atoms with Gasteiger partial charge in [-0.25, -0.2) is 9.97 Å². The number of aryl methyl sites for hydroxylation is 1. The van der Waals surface area contributed by atoms with Crippen LogP contribution < -0.4 is 0 Å². The lowest BCUT2D eigenvalue weighted by Gasteiger charge is -2.21. The molecule has 1 aromatic heterocycles. The number of aromatic nitrogens is 2. The predicted molar refractivity (Wildman–Crippen MR) is 80.8 cm³/mol. The van der Waals surface area contributed by atoms with Gasteiger partial charge in [0.25, 0.3) is 5.91 Å². The highest BCUT2D eigenvalue weighted by Gasteiger charge is 2.19. The van der Waals surface area contributed by atoms with Gasteiger partial charge >= 0.3 is 0 Å². The summed E-state index contributed by atoms with van der Waals surface area (Å²) in [5, 5.41) is 0.834. The van der Waals surface area contributed by atoms with E-state index in [9.17, 15) is 4.79 Å². The molecule has 2 aromatic rings. The molecule has 106 valence electrons. The Hall–Kier alpha value is -1.97. The maximum Gasteiger partial charge on any atom is 0.273 e. The molecule has 1 heterocycles. The van der Waals surface area contributed by atoms with E-state index in [2.05, 4.69) is 23.8 Å². The molecular weight excluding hydrogens is 250 g/mol. The molecular formula is C16H21N3O. The van der Waals surface area contributed by atoms with Gasteiger partial charge in [-0.3, -0.25) is 4.79 Å². The second-order valence-electron chi connectivity index (χ2n) is 4.93. The SMILES string of the molecule is CCCN(CCC)C(=O)c1nc(C)nc2ccccc12. The topological polar surface area (TPSA) is 46.1 Å². The van der Waals surface area contributed by atoms with Gasteiger partial charge in [0.15, 0.2) is 0 Å². The Morgan fingerprint density at radius 2 is 1.75 bits per heavy atom. The lowest BCUT2D eigenvalue weighted by molar-refractivity contribution is 0.0751. The molecule has 2 rings (SSSR count). The van der Waals surface area contributed by atoms with Gasteiger partial charge < -0.3 is 4.90 Å². The Morgan fingerprint density at radius 3 is 2.40 bits per heavy atom. The molecule has 0 saturated heterocycles. The Bertz CT molecular complexity index is 604. The standard InChI is InChI=1S/C16H21N3O/c1-4-10-19(11-5-2)16(20)15-13-8-6-7-9-14(13)17-12(3)18-15/h6-9H,4-5,10-11H2,1-3H3. The van der Waals surface area contributed by atoms with Gasteiger partial charge in [0.2, 0.25) is 0 Å². The van der Waals surface area contributed by atoms with Crippen LogP contribution in [0.3, 0.4) is 0 Å². The molecule has 0 bridgehead atoms. The summed E-state index contributed by atoms with van der Waals surface area (Å²) >= 11 is 0. The van der Waals surface area contributed by atoms with Crippen molar-refractivity contribution in [3.8, 4) is 0 Å². The van der Waals surface area contributed by atoms with Crippen LogP contribution in [0.1, 0.15) is 43.0 Å². The van der Waals surface area contributed by atoms with Crippen LogP contribution in [0.25, 0.3) is 10.9 Å². The highest BCUT2D eigenvalue weighted by Crippen LogP contribution is 2.17. The van der Waals surface area contributed by atoms with Gasteiger partial charge in [-0.1, -0.05) is 32.0 Å². The Morgan fingerprint density at radius 1 is 1.10 bits per heavy atom. The summed E-state index contributed by atoms with van der Waals surface area (Å²) in [6.45, 7) is 7.53. The first-order valence-corrected chi connectivity index (χ1v) is 7.20.